The van der Waals surface area contributed by atoms with Crippen molar-refractivity contribution in [3.8, 4) is 0 Å². The Kier molecular flexibility index (Phi) is 66.6. The van der Waals surface area contributed by atoms with E-state index in [1.807, 2.05) is 6.08 Å². The zero-order chi connectivity index (χ0) is 54.1. The van der Waals surface area contributed by atoms with Crippen LogP contribution in [0.1, 0.15) is 418 Å². The smallest absolute Gasteiger partial charge is 0.220 e. The van der Waals surface area contributed by atoms with Crippen LogP contribution in [0.4, 0.5) is 0 Å². The summed E-state index contributed by atoms with van der Waals surface area (Å²) in [5.41, 5.74) is 0. The van der Waals surface area contributed by atoms with Crippen molar-refractivity contribution in [1.82, 2.24) is 5.32 Å². The molecule has 1 amide bonds. The predicted molar refractivity (Wildman–Crippen MR) is 336 cm³/mol. The first-order valence-electron chi connectivity index (χ1n) is 35.4. The first-order valence-corrected chi connectivity index (χ1v) is 35.4. The summed E-state index contributed by atoms with van der Waals surface area (Å²) < 4.78 is 0. The molecule has 4 nitrogen and oxygen atoms in total. The van der Waals surface area contributed by atoms with Crippen molar-refractivity contribution in [2.45, 2.75) is 431 Å². The van der Waals surface area contributed by atoms with Crippen LogP contribution in [0, 0.1) is 0 Å². The lowest BCUT2D eigenvalue weighted by Crippen LogP contribution is -2.45. The van der Waals surface area contributed by atoms with E-state index in [1.54, 1.807) is 6.08 Å². The molecule has 0 bridgehead atoms. The first-order chi connectivity index (χ1) is 37.2. The summed E-state index contributed by atoms with van der Waals surface area (Å²) >= 11 is 0. The molecule has 0 saturated heterocycles. The number of allylic oxidation sites excluding steroid dienone is 1. The number of unbranched alkanes of at least 4 members (excludes halogenated alkanes) is 60. The van der Waals surface area contributed by atoms with E-state index in [2.05, 4.69) is 19.2 Å². The van der Waals surface area contributed by atoms with Crippen LogP contribution in [-0.2, 0) is 4.79 Å². The van der Waals surface area contributed by atoms with Gasteiger partial charge in [0.25, 0.3) is 0 Å². The maximum Gasteiger partial charge on any atom is 0.220 e. The van der Waals surface area contributed by atoms with Crippen LogP contribution < -0.4 is 5.32 Å². The second kappa shape index (κ2) is 67.4. The van der Waals surface area contributed by atoms with Gasteiger partial charge in [0.15, 0.2) is 0 Å². The number of amides is 1. The van der Waals surface area contributed by atoms with Crippen molar-refractivity contribution < 1.29 is 15.0 Å². The summed E-state index contributed by atoms with van der Waals surface area (Å²) in [4.78, 5) is 12.5. The van der Waals surface area contributed by atoms with Crippen LogP contribution >= 0.6 is 0 Å². The van der Waals surface area contributed by atoms with Crippen molar-refractivity contribution in [3.63, 3.8) is 0 Å². The number of rotatable bonds is 67. The van der Waals surface area contributed by atoms with Gasteiger partial charge in [0, 0.05) is 6.42 Å². The van der Waals surface area contributed by atoms with Crippen LogP contribution in [0.25, 0.3) is 0 Å². The molecule has 0 heterocycles. The number of aliphatic hydroxyl groups excluding tert-OH is 2. The van der Waals surface area contributed by atoms with E-state index in [-0.39, 0.29) is 12.5 Å². The van der Waals surface area contributed by atoms with Crippen LogP contribution in [0.3, 0.4) is 0 Å². The minimum atomic E-state index is -0.837. The monoisotopic (exact) mass is 1060 g/mol. The molecule has 2 unspecified atom stereocenters. The highest BCUT2D eigenvalue weighted by molar-refractivity contribution is 5.76. The molecule has 75 heavy (non-hydrogen) atoms. The Morgan fingerprint density at radius 3 is 0.693 bits per heavy atom. The first kappa shape index (κ1) is 74.1. The van der Waals surface area contributed by atoms with Crippen LogP contribution in [0.2, 0.25) is 0 Å². The molecular formula is C71H141NO3. The van der Waals surface area contributed by atoms with E-state index in [0.717, 1.165) is 25.7 Å². The molecule has 0 aromatic heterocycles. The second-order valence-corrected chi connectivity index (χ2v) is 24.7. The van der Waals surface area contributed by atoms with Crippen molar-refractivity contribution in [3.05, 3.63) is 12.2 Å². The molecule has 0 aromatic rings. The molecule has 448 valence electrons. The third-order valence-electron chi connectivity index (χ3n) is 17.0. The third-order valence-corrected chi connectivity index (χ3v) is 17.0. The molecule has 0 spiro atoms. The van der Waals surface area contributed by atoms with Gasteiger partial charge in [-0.15, -0.1) is 0 Å². The van der Waals surface area contributed by atoms with Gasteiger partial charge in [0.1, 0.15) is 0 Å². The summed E-state index contributed by atoms with van der Waals surface area (Å²) in [7, 11) is 0. The van der Waals surface area contributed by atoms with Crippen LogP contribution in [0.15, 0.2) is 12.2 Å². The van der Waals surface area contributed by atoms with E-state index >= 15 is 0 Å². The summed E-state index contributed by atoms with van der Waals surface area (Å²) in [6.45, 7) is 4.37. The third kappa shape index (κ3) is 63.8. The number of hydrogen-bond acceptors (Lipinski definition) is 3. The van der Waals surface area contributed by atoms with Crippen molar-refractivity contribution >= 4 is 5.91 Å². The van der Waals surface area contributed by atoms with E-state index in [1.165, 1.54) is 372 Å². The number of carbonyl (C=O) groups is 1. The largest absolute Gasteiger partial charge is 0.394 e. The van der Waals surface area contributed by atoms with Crippen LogP contribution in [-0.4, -0.2) is 34.9 Å². The number of hydrogen-bond donors (Lipinski definition) is 3. The summed E-state index contributed by atoms with van der Waals surface area (Å²) in [5.74, 6) is -0.0528. The molecule has 2 atom stereocenters. The highest BCUT2D eigenvalue weighted by atomic mass is 16.3. The molecule has 4 heteroatoms. The highest BCUT2D eigenvalue weighted by Crippen LogP contribution is 2.20. The maximum atomic E-state index is 12.5. The quantitative estimate of drug-likeness (QED) is 0.0420. The van der Waals surface area contributed by atoms with Gasteiger partial charge in [-0.25, -0.2) is 0 Å². The molecule has 0 saturated carbocycles. The van der Waals surface area contributed by atoms with Gasteiger partial charge in [0.2, 0.25) is 5.91 Å². The summed E-state index contributed by atoms with van der Waals surface area (Å²) in [5, 5.41) is 23.3. The van der Waals surface area contributed by atoms with Crippen molar-refractivity contribution in [1.29, 1.82) is 0 Å². The van der Waals surface area contributed by atoms with Gasteiger partial charge >= 0.3 is 0 Å². The SMILES string of the molecule is CCCCCCCCCCCCCCCCCCCCCCCCCCCCC/C=C/C(O)C(CO)NC(=O)CCCCCCCCCCCCCCCCCCCCCCCCCCCCCCCCCCCC. The Labute approximate surface area is 473 Å². The molecule has 0 fully saturated rings. The Morgan fingerprint density at radius 1 is 0.307 bits per heavy atom. The van der Waals surface area contributed by atoms with E-state index in [9.17, 15) is 15.0 Å². The molecule has 0 radical (unpaired) electrons. The second-order valence-electron chi connectivity index (χ2n) is 24.7. The average molecular weight is 1060 g/mol. The van der Waals surface area contributed by atoms with Gasteiger partial charge in [-0.2, -0.15) is 0 Å². The number of nitrogens with one attached hydrogen (secondary N) is 1. The fraction of sp³-hybridized carbons (Fsp3) is 0.958. The van der Waals surface area contributed by atoms with Gasteiger partial charge in [0.05, 0.1) is 18.8 Å². The fourth-order valence-corrected chi connectivity index (χ4v) is 11.7. The topological polar surface area (TPSA) is 69.6 Å². The normalized spacial score (nSPS) is 12.6. The lowest BCUT2D eigenvalue weighted by Gasteiger charge is -2.20. The number of carbonyl (C=O) groups excluding carboxylic acids is 1. The molecule has 0 aliphatic rings. The standard InChI is InChI=1S/C71H141NO3/c1-3-5-7-9-11-13-15-17-19-21-23-25-27-29-31-33-34-35-36-37-39-41-43-45-47-49-51-53-55-57-59-61-63-65-67-71(75)72-69(68-73)70(74)66-64-62-60-58-56-54-52-50-48-46-44-42-40-38-32-30-28-26-24-22-20-18-16-14-12-10-8-6-4-2/h64,66,69-70,73-74H,3-63,65,67-68H2,1-2H3,(H,72,75)/b66-64+. The molecule has 0 rings (SSSR count). The van der Waals surface area contributed by atoms with Crippen molar-refractivity contribution in [2.24, 2.45) is 0 Å². The zero-order valence-corrected chi connectivity index (χ0v) is 51.9. The van der Waals surface area contributed by atoms with Crippen molar-refractivity contribution in [2.75, 3.05) is 6.61 Å². The lowest BCUT2D eigenvalue weighted by molar-refractivity contribution is -0.123. The molecule has 3 N–H and O–H groups in total. The molecule has 0 aliphatic carbocycles. The minimum Gasteiger partial charge on any atom is -0.394 e. The minimum absolute atomic E-state index is 0.0528. The predicted octanol–water partition coefficient (Wildman–Crippen LogP) is 24.0. The Bertz CT molecular complexity index is 1060. The Morgan fingerprint density at radius 2 is 0.493 bits per heavy atom. The molecular weight excluding hydrogens is 915 g/mol. The highest BCUT2D eigenvalue weighted by Gasteiger charge is 2.18. The van der Waals surface area contributed by atoms with Gasteiger partial charge < -0.3 is 15.5 Å². The lowest BCUT2D eigenvalue weighted by atomic mass is 10.0. The number of aliphatic hydroxyl groups is 2. The van der Waals surface area contributed by atoms with E-state index < -0.39 is 12.1 Å². The average Bonchev–Trinajstić information content (AvgIpc) is 3.41. The zero-order valence-electron chi connectivity index (χ0n) is 51.9. The van der Waals surface area contributed by atoms with E-state index in [0.29, 0.717) is 6.42 Å². The van der Waals surface area contributed by atoms with E-state index in [4.69, 9.17) is 0 Å². The van der Waals surface area contributed by atoms with Gasteiger partial charge in [-0.1, -0.05) is 405 Å². The van der Waals surface area contributed by atoms with Gasteiger partial charge in [-0.05, 0) is 19.3 Å². The van der Waals surface area contributed by atoms with Gasteiger partial charge in [-0.3, -0.25) is 4.79 Å². The maximum absolute atomic E-state index is 12.5. The summed E-state index contributed by atoms with van der Waals surface area (Å²) in [6, 6.07) is -0.620. The fourth-order valence-electron chi connectivity index (χ4n) is 11.7. The Hall–Kier alpha value is -0.870. The molecule has 0 aliphatic heterocycles. The summed E-state index contributed by atoms with van der Waals surface area (Å²) in [6.07, 6.45) is 90.3. The van der Waals surface area contributed by atoms with Crippen LogP contribution in [0.5, 0.6) is 0 Å². The Balaban J connectivity index is 3.39. The molecule has 0 aromatic carbocycles.